The summed E-state index contributed by atoms with van der Waals surface area (Å²) in [7, 11) is 3.77. The van der Waals surface area contributed by atoms with Crippen molar-refractivity contribution in [1.82, 2.24) is 15.1 Å². The minimum absolute atomic E-state index is 0.0521. The second-order valence-electron chi connectivity index (χ2n) is 12.2. The first-order valence-electron chi connectivity index (χ1n) is 14.4. The number of primary amides is 1. The van der Waals surface area contributed by atoms with Crippen molar-refractivity contribution < 1.29 is 24.0 Å². The first-order valence-corrected chi connectivity index (χ1v) is 14.4. The van der Waals surface area contributed by atoms with E-state index in [1.165, 1.54) is 6.92 Å². The number of carbonyl (C=O) groups is 5. The Labute approximate surface area is 236 Å². The van der Waals surface area contributed by atoms with Crippen LogP contribution in [-0.2, 0) is 19.2 Å². The van der Waals surface area contributed by atoms with Crippen molar-refractivity contribution >= 4 is 35.1 Å². The van der Waals surface area contributed by atoms with Gasteiger partial charge in [-0.2, -0.15) is 0 Å². The zero-order valence-corrected chi connectivity index (χ0v) is 24.3. The lowest BCUT2D eigenvalue weighted by Gasteiger charge is -2.31. The first kappa shape index (κ1) is 29.6. The highest BCUT2D eigenvalue weighted by atomic mass is 16.2. The van der Waals surface area contributed by atoms with E-state index in [1.807, 2.05) is 38.9 Å². The fraction of sp³-hybridized carbons (Fsp3) is 0.633. The number of likely N-dealkylation sites (tertiary alicyclic amines) is 2. The summed E-state index contributed by atoms with van der Waals surface area (Å²) >= 11 is 0. The summed E-state index contributed by atoms with van der Waals surface area (Å²) < 4.78 is 0. The van der Waals surface area contributed by atoms with Crippen LogP contribution in [-0.4, -0.2) is 84.5 Å². The number of fused-ring (bicyclic) bond motifs is 1. The van der Waals surface area contributed by atoms with E-state index in [1.54, 1.807) is 21.9 Å². The van der Waals surface area contributed by atoms with Gasteiger partial charge in [0.1, 0.15) is 12.1 Å². The van der Waals surface area contributed by atoms with Crippen molar-refractivity contribution in [1.29, 1.82) is 0 Å². The third-order valence-electron chi connectivity index (χ3n) is 8.68. The van der Waals surface area contributed by atoms with Crippen LogP contribution in [0.5, 0.6) is 0 Å². The molecule has 4 atom stereocenters. The Balaban J connectivity index is 1.63. The second kappa shape index (κ2) is 12.0. The second-order valence-corrected chi connectivity index (χ2v) is 12.2. The van der Waals surface area contributed by atoms with Crippen LogP contribution < -0.4 is 16.0 Å². The molecule has 1 aliphatic carbocycles. The van der Waals surface area contributed by atoms with Crippen molar-refractivity contribution in [3.63, 3.8) is 0 Å². The van der Waals surface area contributed by atoms with E-state index < -0.39 is 30.0 Å². The Kier molecular flexibility index (Phi) is 8.85. The number of benzene rings is 1. The van der Waals surface area contributed by atoms with E-state index in [-0.39, 0.29) is 41.9 Å². The Morgan fingerprint density at radius 1 is 1.05 bits per heavy atom. The van der Waals surface area contributed by atoms with Gasteiger partial charge in [-0.05, 0) is 61.3 Å². The molecule has 218 valence electrons. The molecule has 3 aliphatic rings. The van der Waals surface area contributed by atoms with E-state index >= 15 is 0 Å². The number of nitrogens with two attached hydrogens (primary N) is 1. The number of hydrogen-bond donors (Lipinski definition) is 2. The molecule has 2 saturated heterocycles. The standard InChI is InChI=1S/C30H43N5O5/c1-17(2)14-23(22-15-20(33(4)5)10-11-21(22)28(31)38)29(39)34-13-12-24-27(34)25(37)16-35(24)30(40)26(32-18(3)36)19-8-6-7-9-19/h10-11,15,17,19,23-24,26-27H,6-9,12-14,16H2,1-5H3,(H2,31,38)(H,32,36). The molecule has 1 aromatic carbocycles. The Bertz CT molecular complexity index is 1180. The van der Waals surface area contributed by atoms with E-state index in [4.69, 9.17) is 5.73 Å². The molecule has 0 bridgehead atoms. The molecular weight excluding hydrogens is 510 g/mol. The summed E-state index contributed by atoms with van der Waals surface area (Å²) in [6, 6.07) is 3.48. The maximum absolute atomic E-state index is 14.2. The number of ketones is 1. The molecular formula is C30H43N5O5. The maximum Gasteiger partial charge on any atom is 0.249 e. The number of carbonyl (C=O) groups excluding carboxylic acids is 5. The van der Waals surface area contributed by atoms with Gasteiger partial charge in [-0.25, -0.2) is 0 Å². The molecule has 0 spiro atoms. The number of anilines is 1. The van der Waals surface area contributed by atoms with Gasteiger partial charge in [-0.3, -0.25) is 24.0 Å². The predicted octanol–water partition coefficient (Wildman–Crippen LogP) is 2.06. The lowest BCUT2D eigenvalue weighted by atomic mass is 9.85. The molecule has 4 rings (SSSR count). The van der Waals surface area contributed by atoms with Crippen LogP contribution >= 0.6 is 0 Å². The van der Waals surface area contributed by atoms with Crippen molar-refractivity contribution in [2.75, 3.05) is 32.1 Å². The highest BCUT2D eigenvalue weighted by Gasteiger charge is 2.53. The van der Waals surface area contributed by atoms with Gasteiger partial charge in [0.05, 0.1) is 18.5 Å². The predicted molar refractivity (Wildman–Crippen MR) is 152 cm³/mol. The van der Waals surface area contributed by atoms with Gasteiger partial charge in [-0.1, -0.05) is 26.7 Å². The summed E-state index contributed by atoms with van der Waals surface area (Å²) in [5.74, 6) is -1.97. The number of amides is 4. The van der Waals surface area contributed by atoms with Gasteiger partial charge in [0.2, 0.25) is 23.6 Å². The monoisotopic (exact) mass is 553 g/mol. The van der Waals surface area contributed by atoms with E-state index in [0.29, 0.717) is 30.5 Å². The lowest BCUT2D eigenvalue weighted by Crippen LogP contribution is -2.53. The Morgan fingerprint density at radius 2 is 1.73 bits per heavy atom. The summed E-state index contributed by atoms with van der Waals surface area (Å²) in [6.45, 7) is 5.70. The largest absolute Gasteiger partial charge is 0.378 e. The van der Waals surface area contributed by atoms with Crippen LogP contribution in [0.1, 0.15) is 81.1 Å². The van der Waals surface area contributed by atoms with Gasteiger partial charge in [0, 0.05) is 38.8 Å². The molecule has 2 heterocycles. The Hall–Kier alpha value is -3.43. The van der Waals surface area contributed by atoms with Gasteiger partial charge < -0.3 is 25.8 Å². The molecule has 1 saturated carbocycles. The lowest BCUT2D eigenvalue weighted by molar-refractivity contribution is -0.139. The van der Waals surface area contributed by atoms with Crippen LogP contribution in [0.25, 0.3) is 0 Å². The van der Waals surface area contributed by atoms with Crippen molar-refractivity contribution in [3.05, 3.63) is 29.3 Å². The zero-order valence-electron chi connectivity index (χ0n) is 24.3. The number of rotatable bonds is 9. The molecule has 10 heteroatoms. The van der Waals surface area contributed by atoms with E-state index in [9.17, 15) is 24.0 Å². The number of nitrogens with one attached hydrogen (secondary N) is 1. The van der Waals surface area contributed by atoms with Gasteiger partial charge in [-0.15, -0.1) is 0 Å². The van der Waals surface area contributed by atoms with Gasteiger partial charge in [0.15, 0.2) is 5.78 Å². The number of nitrogens with zero attached hydrogens (tertiary/aromatic N) is 3. The highest BCUT2D eigenvalue weighted by Crippen LogP contribution is 2.38. The highest BCUT2D eigenvalue weighted by molar-refractivity contribution is 6.01. The smallest absolute Gasteiger partial charge is 0.249 e. The van der Waals surface area contributed by atoms with E-state index in [2.05, 4.69) is 5.32 Å². The molecule has 3 fully saturated rings. The molecule has 10 nitrogen and oxygen atoms in total. The van der Waals surface area contributed by atoms with Gasteiger partial charge in [0.25, 0.3) is 0 Å². The minimum atomic E-state index is -0.735. The zero-order chi connectivity index (χ0) is 29.3. The average Bonchev–Trinajstić information content (AvgIpc) is 3.63. The number of hydrogen-bond acceptors (Lipinski definition) is 6. The molecule has 0 radical (unpaired) electrons. The first-order chi connectivity index (χ1) is 18.9. The summed E-state index contributed by atoms with van der Waals surface area (Å²) in [5.41, 5.74) is 7.43. The fourth-order valence-electron chi connectivity index (χ4n) is 6.80. The van der Waals surface area contributed by atoms with E-state index in [0.717, 1.165) is 31.4 Å². The molecule has 4 amide bonds. The SMILES string of the molecule is CC(=O)NC(C(=O)N1CC(=O)C2C1CCN2C(=O)C(CC(C)C)c1cc(N(C)C)ccc1C(N)=O)C1CCCC1. The summed E-state index contributed by atoms with van der Waals surface area (Å²) in [5, 5.41) is 2.85. The third kappa shape index (κ3) is 5.86. The van der Waals surface area contributed by atoms with Crippen molar-refractivity contribution in [2.45, 2.75) is 83.3 Å². The topological polar surface area (TPSA) is 133 Å². The normalized spacial score (nSPS) is 22.4. The average molecular weight is 554 g/mol. The van der Waals surface area contributed by atoms with Crippen LogP contribution in [0.3, 0.4) is 0 Å². The molecule has 0 aromatic heterocycles. The fourth-order valence-corrected chi connectivity index (χ4v) is 6.80. The van der Waals surface area contributed by atoms with Crippen LogP contribution in [0.15, 0.2) is 18.2 Å². The van der Waals surface area contributed by atoms with Crippen molar-refractivity contribution in [2.24, 2.45) is 17.6 Å². The Morgan fingerprint density at radius 3 is 2.30 bits per heavy atom. The van der Waals surface area contributed by atoms with Crippen LogP contribution in [0.2, 0.25) is 0 Å². The molecule has 4 unspecified atom stereocenters. The van der Waals surface area contributed by atoms with Gasteiger partial charge >= 0.3 is 0 Å². The maximum atomic E-state index is 14.2. The van der Waals surface area contributed by atoms with Crippen molar-refractivity contribution in [3.8, 4) is 0 Å². The quantitative estimate of drug-likeness (QED) is 0.481. The number of Topliss-reactive ketones (excluding diaryl/α,β-unsaturated/α-hetero) is 1. The minimum Gasteiger partial charge on any atom is -0.378 e. The molecule has 2 aliphatic heterocycles. The van der Waals surface area contributed by atoms with Crippen LogP contribution in [0, 0.1) is 11.8 Å². The summed E-state index contributed by atoms with van der Waals surface area (Å²) in [6.07, 6.45) is 4.72. The third-order valence-corrected chi connectivity index (χ3v) is 8.68. The van der Waals surface area contributed by atoms with Crippen LogP contribution in [0.4, 0.5) is 5.69 Å². The molecule has 1 aromatic rings. The summed E-state index contributed by atoms with van der Waals surface area (Å²) in [4.78, 5) is 70.9. The molecule has 3 N–H and O–H groups in total. The molecule has 40 heavy (non-hydrogen) atoms.